The summed E-state index contributed by atoms with van der Waals surface area (Å²) in [6, 6.07) is 0. The molecule has 0 aliphatic carbocycles. The smallest absolute Gasteiger partial charge is 0.462 e. The largest absolute Gasteiger partial charge is 0.472 e. The van der Waals surface area contributed by atoms with Crippen LogP contribution in [0.15, 0.2) is 0 Å². The van der Waals surface area contributed by atoms with Gasteiger partial charge in [-0.3, -0.25) is 37.3 Å². The number of rotatable bonds is 71. The van der Waals surface area contributed by atoms with Gasteiger partial charge in [-0.05, 0) is 43.4 Å². The number of carbonyl (C=O) groups is 4. The number of unbranched alkanes of at least 4 members (excludes halogenated alkanes) is 38. The van der Waals surface area contributed by atoms with Crippen LogP contribution in [-0.2, 0) is 65.4 Å². The van der Waals surface area contributed by atoms with E-state index >= 15 is 0 Å². The fourth-order valence-corrected chi connectivity index (χ4v) is 12.6. The molecular formula is C73H142O17P2. The molecule has 546 valence electrons. The Morgan fingerprint density at radius 2 is 0.554 bits per heavy atom. The van der Waals surface area contributed by atoms with Crippen molar-refractivity contribution in [3.63, 3.8) is 0 Å². The van der Waals surface area contributed by atoms with Gasteiger partial charge in [-0.25, -0.2) is 9.13 Å². The Morgan fingerprint density at radius 1 is 0.315 bits per heavy atom. The average molecular weight is 1350 g/mol. The van der Waals surface area contributed by atoms with Crippen LogP contribution < -0.4 is 0 Å². The molecule has 6 atom stereocenters. The zero-order valence-corrected chi connectivity index (χ0v) is 61.8. The van der Waals surface area contributed by atoms with Crippen molar-refractivity contribution in [2.75, 3.05) is 39.6 Å². The third-order valence-corrected chi connectivity index (χ3v) is 19.1. The zero-order chi connectivity index (χ0) is 68.0. The monoisotopic (exact) mass is 1350 g/mol. The average Bonchev–Trinajstić information content (AvgIpc) is 1.68. The van der Waals surface area contributed by atoms with E-state index in [0.29, 0.717) is 31.6 Å². The van der Waals surface area contributed by atoms with Crippen LogP contribution in [0.1, 0.15) is 370 Å². The predicted octanol–water partition coefficient (Wildman–Crippen LogP) is 21.0. The minimum Gasteiger partial charge on any atom is -0.462 e. The second-order valence-corrected chi connectivity index (χ2v) is 30.4. The Kier molecular flexibility index (Phi) is 62.4. The molecule has 0 heterocycles. The van der Waals surface area contributed by atoms with E-state index in [1.54, 1.807) is 0 Å². The topological polar surface area (TPSA) is 237 Å². The summed E-state index contributed by atoms with van der Waals surface area (Å²) in [6.45, 7) is 11.8. The van der Waals surface area contributed by atoms with Gasteiger partial charge in [0.2, 0.25) is 0 Å². The Bertz CT molecular complexity index is 1800. The van der Waals surface area contributed by atoms with Gasteiger partial charge in [0.15, 0.2) is 12.2 Å². The first-order valence-electron chi connectivity index (χ1n) is 37.9. The molecule has 0 fully saturated rings. The van der Waals surface area contributed by atoms with Gasteiger partial charge in [-0.15, -0.1) is 0 Å². The summed E-state index contributed by atoms with van der Waals surface area (Å²) >= 11 is 0. The van der Waals surface area contributed by atoms with Crippen LogP contribution >= 0.6 is 15.6 Å². The summed E-state index contributed by atoms with van der Waals surface area (Å²) in [5.74, 6) is 0.0936. The summed E-state index contributed by atoms with van der Waals surface area (Å²) in [7, 11) is -9.91. The molecule has 0 amide bonds. The van der Waals surface area contributed by atoms with Crippen molar-refractivity contribution < 1.29 is 80.2 Å². The van der Waals surface area contributed by atoms with Crippen molar-refractivity contribution in [2.45, 2.75) is 388 Å². The summed E-state index contributed by atoms with van der Waals surface area (Å²) in [6.07, 6.45) is 48.7. The van der Waals surface area contributed by atoms with Crippen LogP contribution in [0.4, 0.5) is 0 Å². The molecule has 19 heteroatoms. The first kappa shape index (κ1) is 90.1. The van der Waals surface area contributed by atoms with Gasteiger partial charge in [0.05, 0.1) is 26.4 Å². The minimum atomic E-state index is -4.95. The van der Waals surface area contributed by atoms with E-state index in [1.807, 2.05) is 0 Å². The third-order valence-electron chi connectivity index (χ3n) is 17.2. The summed E-state index contributed by atoms with van der Waals surface area (Å²) in [5, 5.41) is 10.6. The molecule has 0 saturated carbocycles. The van der Waals surface area contributed by atoms with E-state index < -0.39 is 97.5 Å². The van der Waals surface area contributed by atoms with Gasteiger partial charge in [0.25, 0.3) is 0 Å². The number of ether oxygens (including phenoxy) is 4. The Morgan fingerprint density at radius 3 is 0.826 bits per heavy atom. The summed E-state index contributed by atoms with van der Waals surface area (Å²) < 4.78 is 68.4. The predicted molar refractivity (Wildman–Crippen MR) is 372 cm³/mol. The van der Waals surface area contributed by atoms with Crippen molar-refractivity contribution in [3.8, 4) is 0 Å². The molecule has 0 aliphatic heterocycles. The van der Waals surface area contributed by atoms with E-state index in [9.17, 15) is 43.2 Å². The maximum Gasteiger partial charge on any atom is 0.472 e. The minimum absolute atomic E-state index is 0.104. The van der Waals surface area contributed by atoms with Crippen LogP contribution in [0.5, 0.6) is 0 Å². The van der Waals surface area contributed by atoms with Crippen molar-refractivity contribution in [1.82, 2.24) is 0 Å². The van der Waals surface area contributed by atoms with E-state index in [4.69, 9.17) is 37.0 Å². The maximum atomic E-state index is 13.1. The van der Waals surface area contributed by atoms with Gasteiger partial charge in [-0.2, -0.15) is 0 Å². The quantitative estimate of drug-likeness (QED) is 0.0222. The fourth-order valence-electron chi connectivity index (χ4n) is 11.0. The van der Waals surface area contributed by atoms with Crippen molar-refractivity contribution in [1.29, 1.82) is 0 Å². The third kappa shape index (κ3) is 65.4. The van der Waals surface area contributed by atoms with E-state index in [2.05, 4.69) is 48.5 Å². The molecule has 3 N–H and O–H groups in total. The van der Waals surface area contributed by atoms with Gasteiger partial charge in [0.1, 0.15) is 19.3 Å². The second-order valence-electron chi connectivity index (χ2n) is 27.5. The molecule has 0 aliphatic rings. The zero-order valence-electron chi connectivity index (χ0n) is 60.0. The van der Waals surface area contributed by atoms with E-state index in [-0.39, 0.29) is 25.7 Å². The lowest BCUT2D eigenvalue weighted by Gasteiger charge is -2.21. The highest BCUT2D eigenvalue weighted by molar-refractivity contribution is 7.47. The number of aliphatic hydroxyl groups excluding tert-OH is 1. The molecule has 0 rings (SSSR count). The second kappa shape index (κ2) is 63.8. The molecule has 92 heavy (non-hydrogen) atoms. The molecular weight excluding hydrogens is 1210 g/mol. The lowest BCUT2D eigenvalue weighted by atomic mass is 9.99. The normalized spacial score (nSPS) is 14.4. The number of aliphatic hydroxyl groups is 1. The molecule has 0 spiro atoms. The van der Waals surface area contributed by atoms with Crippen molar-refractivity contribution >= 4 is 39.5 Å². The van der Waals surface area contributed by atoms with Crippen LogP contribution in [-0.4, -0.2) is 96.7 Å². The van der Waals surface area contributed by atoms with Crippen LogP contribution in [0.2, 0.25) is 0 Å². The standard InChI is InChI=1S/C73H142O17P2/c1-8-10-11-12-13-14-15-16-17-18-19-20-21-22-25-34-42-49-56-72(77)89-68(60-83-70(75)54-47-40-33-26-23-24-30-37-44-51-64(3)4)62-87-91(79,80)85-58-67(74)59-86-92(81,82)88-63-69(61-84-71(76)55-48-41-36-29-31-38-45-52-65(5)6)90-73(78)57-50-43-35-28-27-32-39-46-53-66(7)9-2/h64-69,74H,8-63H2,1-7H3,(H,79,80)(H,81,82)/t66?,67-,68-,69-/m1/s1. The SMILES string of the molecule is CCCCCCCCCCCCCCCCCCCCC(=O)O[C@H](COC(=O)CCCCCCCCCCCC(C)C)COP(=O)(O)OC[C@@H](O)COP(=O)(O)OC[C@@H](COC(=O)CCCCCCCCCC(C)C)OC(=O)CCCCCCCCCCC(C)CC. The molecule has 0 aromatic carbocycles. The van der Waals surface area contributed by atoms with Crippen molar-refractivity contribution in [2.24, 2.45) is 17.8 Å². The molecule has 17 nitrogen and oxygen atoms in total. The van der Waals surface area contributed by atoms with Gasteiger partial charge in [-0.1, -0.05) is 318 Å². The number of phosphoric acid groups is 2. The van der Waals surface area contributed by atoms with Gasteiger partial charge >= 0.3 is 39.5 Å². The number of esters is 4. The first-order chi connectivity index (χ1) is 44.3. The van der Waals surface area contributed by atoms with Gasteiger partial charge < -0.3 is 33.8 Å². The lowest BCUT2D eigenvalue weighted by Crippen LogP contribution is -2.30. The summed E-state index contributed by atoms with van der Waals surface area (Å²) in [5.41, 5.74) is 0. The lowest BCUT2D eigenvalue weighted by molar-refractivity contribution is -0.161. The molecule has 0 aromatic rings. The Hall–Kier alpha value is -1.94. The number of hydrogen-bond donors (Lipinski definition) is 3. The molecule has 0 aromatic heterocycles. The van der Waals surface area contributed by atoms with Crippen LogP contribution in [0.25, 0.3) is 0 Å². The molecule has 0 bridgehead atoms. The highest BCUT2D eigenvalue weighted by Crippen LogP contribution is 2.45. The van der Waals surface area contributed by atoms with Crippen molar-refractivity contribution in [3.05, 3.63) is 0 Å². The van der Waals surface area contributed by atoms with Gasteiger partial charge in [0, 0.05) is 25.7 Å². The highest BCUT2D eigenvalue weighted by atomic mass is 31.2. The Labute approximate surface area is 562 Å². The van der Waals surface area contributed by atoms with E-state index in [1.165, 1.54) is 173 Å². The van der Waals surface area contributed by atoms with E-state index in [0.717, 1.165) is 108 Å². The number of hydrogen-bond acceptors (Lipinski definition) is 15. The van der Waals surface area contributed by atoms with Crippen LogP contribution in [0.3, 0.4) is 0 Å². The number of phosphoric ester groups is 2. The molecule has 0 saturated heterocycles. The highest BCUT2D eigenvalue weighted by Gasteiger charge is 2.30. The molecule has 0 radical (unpaired) electrons. The van der Waals surface area contributed by atoms with Crippen LogP contribution in [0, 0.1) is 17.8 Å². The summed E-state index contributed by atoms with van der Waals surface area (Å²) in [4.78, 5) is 72.7. The maximum absolute atomic E-state index is 13.1. The fraction of sp³-hybridized carbons (Fsp3) is 0.945. The first-order valence-corrected chi connectivity index (χ1v) is 40.9. The molecule has 3 unspecified atom stereocenters. The Balaban J connectivity index is 5.24. The number of carbonyl (C=O) groups excluding carboxylic acids is 4.